The van der Waals surface area contributed by atoms with Gasteiger partial charge in [0.1, 0.15) is 0 Å². The van der Waals surface area contributed by atoms with Crippen LogP contribution >= 0.6 is 0 Å². The van der Waals surface area contributed by atoms with Crippen molar-refractivity contribution < 1.29 is 4.39 Å². The summed E-state index contributed by atoms with van der Waals surface area (Å²) in [5.74, 6) is 7.58. The van der Waals surface area contributed by atoms with Crippen LogP contribution in [0, 0.1) is 18.7 Å². The van der Waals surface area contributed by atoms with Crippen molar-refractivity contribution >= 4 is 17.7 Å². The van der Waals surface area contributed by atoms with Crippen LogP contribution in [0.2, 0.25) is 17.3 Å². The molecule has 118 valence electrons. The van der Waals surface area contributed by atoms with E-state index in [1.54, 1.807) is 13.0 Å². The number of nitrogens with zero attached hydrogens (tertiary/aromatic N) is 1. The molecule has 22 heavy (non-hydrogen) atoms. The first-order chi connectivity index (χ1) is 10.2. The van der Waals surface area contributed by atoms with E-state index in [2.05, 4.69) is 42.2 Å². The molecule has 0 aliphatic carbocycles. The zero-order chi connectivity index (χ0) is 16.5. The van der Waals surface area contributed by atoms with E-state index in [4.69, 9.17) is 0 Å². The van der Waals surface area contributed by atoms with Crippen LogP contribution in [0.4, 0.5) is 4.39 Å². The maximum atomic E-state index is 14.4. The van der Waals surface area contributed by atoms with Crippen LogP contribution in [-0.2, 0) is 6.42 Å². The van der Waals surface area contributed by atoms with Crippen molar-refractivity contribution in [2.24, 2.45) is 5.92 Å². The minimum atomic E-state index is -1.97. The third-order valence-corrected chi connectivity index (χ3v) is 8.23. The van der Waals surface area contributed by atoms with Crippen LogP contribution in [0.1, 0.15) is 25.0 Å². The van der Waals surface area contributed by atoms with E-state index in [9.17, 15) is 4.39 Å². The Bertz CT molecular complexity index is 672. The molecular weight excluding hydrogens is 334 g/mol. The van der Waals surface area contributed by atoms with E-state index >= 15 is 0 Å². The summed E-state index contributed by atoms with van der Waals surface area (Å²) in [6.45, 7) is 6.26. The molecule has 0 saturated heterocycles. The summed E-state index contributed by atoms with van der Waals surface area (Å²) in [5, 5.41) is 0. The molecule has 0 radical (unpaired) electrons. The first-order valence-electron chi connectivity index (χ1n) is 7.95. The Labute approximate surface area is 136 Å². The van der Waals surface area contributed by atoms with E-state index in [0.717, 1.165) is 12.1 Å². The number of benzene rings is 1. The van der Waals surface area contributed by atoms with Crippen molar-refractivity contribution in [3.8, 4) is 11.3 Å². The van der Waals surface area contributed by atoms with Gasteiger partial charge in [-0.1, -0.05) is 0 Å². The Morgan fingerprint density at radius 1 is 1.18 bits per heavy atom. The standard InChI is InChI=1S/C19H26FGeN/c1-13(2)10-15-11-18(22-12-17(15)21(4,5)6)16-9-7-8-14(3)19(16)20/h7-9,11-13H,10H2,1-6H3. The zero-order valence-electron chi connectivity index (χ0n) is 14.5. The van der Waals surface area contributed by atoms with Gasteiger partial charge in [0.25, 0.3) is 0 Å². The van der Waals surface area contributed by atoms with Gasteiger partial charge in [0, 0.05) is 0 Å². The molecule has 1 heterocycles. The fourth-order valence-electron chi connectivity index (χ4n) is 2.77. The molecule has 0 atom stereocenters. The second kappa shape index (κ2) is 6.53. The minimum absolute atomic E-state index is 0.157. The number of aromatic nitrogens is 1. The van der Waals surface area contributed by atoms with Gasteiger partial charge in [0.05, 0.1) is 0 Å². The molecule has 0 aliphatic rings. The summed E-state index contributed by atoms with van der Waals surface area (Å²) in [6.07, 6.45) is 3.04. The Kier molecular flexibility index (Phi) is 5.11. The van der Waals surface area contributed by atoms with Gasteiger partial charge in [-0.25, -0.2) is 0 Å². The number of rotatable bonds is 4. The van der Waals surface area contributed by atoms with Crippen molar-refractivity contribution in [2.45, 2.75) is 44.5 Å². The first-order valence-corrected chi connectivity index (χ1v) is 15.3. The average Bonchev–Trinajstić information content (AvgIpc) is 2.40. The van der Waals surface area contributed by atoms with Crippen LogP contribution in [-0.4, -0.2) is 18.3 Å². The predicted octanol–water partition coefficient (Wildman–Crippen LogP) is 4.94. The molecule has 0 unspecified atom stereocenters. The van der Waals surface area contributed by atoms with Gasteiger partial charge in [-0.15, -0.1) is 0 Å². The SMILES string of the molecule is Cc1cccc(-c2cc(CC(C)C)[c]([Ge]([CH3])([CH3])[CH3])cn2)c1F. The van der Waals surface area contributed by atoms with Gasteiger partial charge < -0.3 is 0 Å². The second-order valence-electron chi connectivity index (χ2n) is 7.51. The van der Waals surface area contributed by atoms with Crippen LogP contribution in [0.25, 0.3) is 11.3 Å². The summed E-state index contributed by atoms with van der Waals surface area (Å²) < 4.78 is 15.8. The number of aryl methyl sites for hydroxylation is 1. The third kappa shape index (κ3) is 3.78. The Morgan fingerprint density at radius 3 is 2.45 bits per heavy atom. The second-order valence-corrected chi connectivity index (χ2v) is 18.1. The summed E-state index contributed by atoms with van der Waals surface area (Å²) >= 11 is -1.97. The van der Waals surface area contributed by atoms with Crippen LogP contribution in [0.15, 0.2) is 30.5 Å². The van der Waals surface area contributed by atoms with Gasteiger partial charge in [0.2, 0.25) is 0 Å². The fourth-order valence-corrected chi connectivity index (χ4v) is 6.11. The number of halogens is 1. The monoisotopic (exact) mass is 361 g/mol. The van der Waals surface area contributed by atoms with E-state index in [1.807, 2.05) is 18.3 Å². The molecule has 2 rings (SSSR count). The molecule has 0 saturated carbocycles. The summed E-state index contributed by atoms with van der Waals surface area (Å²) in [6, 6.07) is 7.63. The van der Waals surface area contributed by atoms with Gasteiger partial charge in [-0.3, -0.25) is 0 Å². The van der Waals surface area contributed by atoms with Gasteiger partial charge >= 0.3 is 136 Å². The molecule has 1 nitrogen and oxygen atoms in total. The molecule has 0 aliphatic heterocycles. The molecule has 2 aromatic rings. The number of hydrogen-bond acceptors (Lipinski definition) is 1. The van der Waals surface area contributed by atoms with E-state index in [0.29, 0.717) is 17.0 Å². The van der Waals surface area contributed by atoms with Gasteiger partial charge in [-0.2, -0.15) is 0 Å². The number of hydrogen-bond donors (Lipinski definition) is 0. The van der Waals surface area contributed by atoms with Crippen molar-refractivity contribution in [3.05, 3.63) is 47.4 Å². The number of pyridine rings is 1. The topological polar surface area (TPSA) is 12.9 Å². The average molecular weight is 360 g/mol. The maximum absolute atomic E-state index is 14.4. The molecule has 3 heteroatoms. The van der Waals surface area contributed by atoms with Gasteiger partial charge in [-0.05, 0) is 0 Å². The predicted molar refractivity (Wildman–Crippen MR) is 95.9 cm³/mol. The molecule has 0 amide bonds. The van der Waals surface area contributed by atoms with E-state index < -0.39 is 13.3 Å². The summed E-state index contributed by atoms with van der Waals surface area (Å²) in [7, 11) is 0. The van der Waals surface area contributed by atoms with Crippen LogP contribution in [0.3, 0.4) is 0 Å². The van der Waals surface area contributed by atoms with Crippen molar-refractivity contribution in [1.29, 1.82) is 0 Å². The van der Waals surface area contributed by atoms with Crippen LogP contribution < -0.4 is 4.40 Å². The third-order valence-electron chi connectivity index (χ3n) is 3.89. The Balaban J connectivity index is 2.58. The summed E-state index contributed by atoms with van der Waals surface area (Å²) in [4.78, 5) is 4.59. The summed E-state index contributed by atoms with van der Waals surface area (Å²) in [5.41, 5.74) is 3.39. The zero-order valence-corrected chi connectivity index (χ0v) is 16.6. The fraction of sp³-hybridized carbons (Fsp3) is 0.421. The molecule has 1 aromatic carbocycles. The molecule has 0 bridgehead atoms. The van der Waals surface area contributed by atoms with E-state index in [-0.39, 0.29) is 5.82 Å². The van der Waals surface area contributed by atoms with Crippen molar-refractivity contribution in [3.63, 3.8) is 0 Å². The van der Waals surface area contributed by atoms with Gasteiger partial charge in [0.15, 0.2) is 0 Å². The molecule has 1 aromatic heterocycles. The normalized spacial score (nSPS) is 12.0. The Morgan fingerprint density at radius 2 is 1.86 bits per heavy atom. The van der Waals surface area contributed by atoms with Crippen molar-refractivity contribution in [1.82, 2.24) is 4.98 Å². The molecular formula is C19H26FGeN. The van der Waals surface area contributed by atoms with Crippen LogP contribution in [0.5, 0.6) is 0 Å². The van der Waals surface area contributed by atoms with Crippen molar-refractivity contribution in [2.75, 3.05) is 0 Å². The molecule has 0 spiro atoms. The van der Waals surface area contributed by atoms with E-state index in [1.165, 1.54) is 9.96 Å². The quantitative estimate of drug-likeness (QED) is 0.704. The first kappa shape index (κ1) is 17.2. The molecule has 0 fully saturated rings. The Hall–Kier alpha value is -1.16. The molecule has 0 N–H and O–H groups in total.